The summed E-state index contributed by atoms with van der Waals surface area (Å²) < 4.78 is 10.9. The van der Waals surface area contributed by atoms with Gasteiger partial charge in [0.2, 0.25) is 5.91 Å². The Morgan fingerprint density at radius 3 is 2.83 bits per heavy atom. The average molecular weight is 329 g/mol. The maximum atomic E-state index is 12.2. The molecule has 2 N–H and O–H groups in total. The fourth-order valence-electron chi connectivity index (χ4n) is 2.58. The summed E-state index contributed by atoms with van der Waals surface area (Å²) in [5.74, 6) is 0.911. The maximum absolute atomic E-state index is 12.2. The van der Waals surface area contributed by atoms with Crippen LogP contribution in [0.4, 0.5) is 5.69 Å². The van der Waals surface area contributed by atoms with Crippen molar-refractivity contribution in [3.8, 4) is 5.75 Å². The van der Waals surface area contributed by atoms with Crippen LogP contribution in [0, 0.1) is 0 Å². The highest BCUT2D eigenvalue weighted by Crippen LogP contribution is 2.32. The van der Waals surface area contributed by atoms with Gasteiger partial charge in [0.25, 0.3) is 5.91 Å². The first-order valence-corrected chi connectivity index (χ1v) is 7.68. The Morgan fingerprint density at radius 1 is 1.25 bits per heavy atom. The highest BCUT2D eigenvalue weighted by atomic mass is 16.5. The van der Waals surface area contributed by atoms with E-state index in [2.05, 4.69) is 10.6 Å². The monoisotopic (exact) mass is 329 g/mol. The summed E-state index contributed by atoms with van der Waals surface area (Å²) in [7, 11) is 1.56. The van der Waals surface area contributed by atoms with Gasteiger partial charge < -0.3 is 24.7 Å². The van der Waals surface area contributed by atoms with Crippen molar-refractivity contribution in [1.29, 1.82) is 0 Å². The summed E-state index contributed by atoms with van der Waals surface area (Å²) in [6.07, 6.45) is 0.913. The quantitative estimate of drug-likeness (QED) is 0.852. The molecule has 24 heavy (non-hydrogen) atoms. The molecule has 0 saturated carbocycles. The lowest BCUT2D eigenvalue weighted by Gasteiger charge is -2.34. The molecule has 1 atom stereocenters. The number of hydrogen-bond donors (Lipinski definition) is 2. The first-order chi connectivity index (χ1) is 11.7. The number of furan rings is 1. The van der Waals surface area contributed by atoms with Crippen LogP contribution in [0.1, 0.15) is 5.76 Å². The van der Waals surface area contributed by atoms with Gasteiger partial charge in [-0.05, 0) is 24.3 Å². The minimum Gasteiger partial charge on any atom is -0.477 e. The van der Waals surface area contributed by atoms with Gasteiger partial charge in [-0.25, -0.2) is 0 Å². The van der Waals surface area contributed by atoms with Crippen LogP contribution in [-0.4, -0.2) is 38.1 Å². The van der Waals surface area contributed by atoms with Gasteiger partial charge in [-0.3, -0.25) is 9.59 Å². The highest BCUT2D eigenvalue weighted by Gasteiger charge is 2.30. The molecule has 0 fully saturated rings. The van der Waals surface area contributed by atoms with E-state index in [-0.39, 0.29) is 18.4 Å². The van der Waals surface area contributed by atoms with E-state index in [9.17, 15) is 9.59 Å². The van der Waals surface area contributed by atoms with Crippen LogP contribution >= 0.6 is 0 Å². The van der Waals surface area contributed by atoms with E-state index >= 15 is 0 Å². The average Bonchev–Trinajstić information content (AvgIpc) is 3.12. The maximum Gasteiger partial charge on any atom is 0.262 e. The van der Waals surface area contributed by atoms with Crippen LogP contribution in [0.15, 0.2) is 47.1 Å². The number of hydrogen-bond acceptors (Lipinski definition) is 5. The molecule has 1 aliphatic rings. The largest absolute Gasteiger partial charge is 0.477 e. The van der Waals surface area contributed by atoms with Gasteiger partial charge in [0.05, 0.1) is 31.6 Å². The van der Waals surface area contributed by atoms with Gasteiger partial charge in [-0.1, -0.05) is 12.1 Å². The summed E-state index contributed by atoms with van der Waals surface area (Å²) in [4.78, 5) is 26.0. The van der Waals surface area contributed by atoms with Gasteiger partial charge in [0, 0.05) is 7.05 Å². The van der Waals surface area contributed by atoms with Gasteiger partial charge in [-0.15, -0.1) is 0 Å². The second-order valence-corrected chi connectivity index (χ2v) is 5.43. The molecule has 0 aliphatic carbocycles. The Balaban J connectivity index is 1.68. The van der Waals surface area contributed by atoms with Crippen molar-refractivity contribution in [3.63, 3.8) is 0 Å². The predicted octanol–water partition coefficient (Wildman–Crippen LogP) is 0.909. The first-order valence-electron chi connectivity index (χ1n) is 7.68. The molecular weight excluding hydrogens is 310 g/mol. The number of nitrogens with one attached hydrogen (secondary N) is 2. The Kier molecular flexibility index (Phi) is 4.69. The third kappa shape index (κ3) is 3.51. The molecule has 0 radical (unpaired) electrons. The van der Waals surface area contributed by atoms with Crippen molar-refractivity contribution < 1.29 is 18.7 Å². The van der Waals surface area contributed by atoms with Crippen LogP contribution in [-0.2, 0) is 16.1 Å². The van der Waals surface area contributed by atoms with Crippen molar-refractivity contribution in [2.45, 2.75) is 12.6 Å². The lowest BCUT2D eigenvalue weighted by molar-refractivity contribution is -0.127. The van der Waals surface area contributed by atoms with E-state index in [1.54, 1.807) is 31.5 Å². The number of anilines is 1. The molecule has 2 aromatic rings. The van der Waals surface area contributed by atoms with E-state index in [0.29, 0.717) is 24.6 Å². The number of ether oxygens (including phenoxy) is 1. The molecular formula is C17H19N3O4. The lowest BCUT2D eigenvalue weighted by atomic mass is 10.1. The standard InChI is InChI=1S/C17H19N3O4/c1-18-17(22)15-10-20(13-6-2-3-7-14(13)24-15)11-16(21)19-9-12-5-4-8-23-12/h2-8,15H,9-11H2,1H3,(H,18,22)(H,19,21). The number of para-hydroxylation sites is 2. The zero-order valence-corrected chi connectivity index (χ0v) is 13.3. The molecule has 7 nitrogen and oxygen atoms in total. The summed E-state index contributed by atoms with van der Waals surface area (Å²) in [5, 5.41) is 5.39. The number of carbonyl (C=O) groups excluding carboxylic acids is 2. The van der Waals surface area contributed by atoms with E-state index in [4.69, 9.17) is 9.15 Å². The Bertz CT molecular complexity index is 714. The number of benzene rings is 1. The molecule has 0 saturated heterocycles. The van der Waals surface area contributed by atoms with Crippen molar-refractivity contribution in [3.05, 3.63) is 48.4 Å². The van der Waals surface area contributed by atoms with E-state index in [0.717, 1.165) is 5.69 Å². The van der Waals surface area contributed by atoms with Gasteiger partial charge >= 0.3 is 0 Å². The molecule has 1 aliphatic heterocycles. The summed E-state index contributed by atoms with van der Waals surface area (Å²) in [6, 6.07) is 10.9. The number of fused-ring (bicyclic) bond motifs is 1. The molecule has 2 heterocycles. The van der Waals surface area contributed by atoms with Crippen LogP contribution in [0.5, 0.6) is 5.75 Å². The number of likely N-dealkylation sites (N-methyl/N-ethyl adjacent to an activating group) is 1. The minimum atomic E-state index is -0.650. The van der Waals surface area contributed by atoms with Gasteiger partial charge in [-0.2, -0.15) is 0 Å². The summed E-state index contributed by atoms with van der Waals surface area (Å²) in [6.45, 7) is 0.774. The van der Waals surface area contributed by atoms with E-state index in [1.807, 2.05) is 23.1 Å². The molecule has 1 aromatic heterocycles. The van der Waals surface area contributed by atoms with Crippen LogP contribution in [0.3, 0.4) is 0 Å². The van der Waals surface area contributed by atoms with Crippen molar-refractivity contribution in [2.75, 3.05) is 25.0 Å². The first kappa shape index (κ1) is 15.9. The summed E-state index contributed by atoms with van der Waals surface area (Å²) in [5.41, 5.74) is 0.797. The second-order valence-electron chi connectivity index (χ2n) is 5.43. The van der Waals surface area contributed by atoms with E-state index < -0.39 is 6.10 Å². The van der Waals surface area contributed by atoms with Crippen LogP contribution < -0.4 is 20.3 Å². The topological polar surface area (TPSA) is 83.8 Å². The number of nitrogens with zero attached hydrogens (tertiary/aromatic N) is 1. The summed E-state index contributed by atoms with van der Waals surface area (Å²) >= 11 is 0. The smallest absolute Gasteiger partial charge is 0.262 e. The molecule has 0 spiro atoms. The highest BCUT2D eigenvalue weighted by molar-refractivity contribution is 5.86. The number of amides is 2. The van der Waals surface area contributed by atoms with Crippen molar-refractivity contribution in [1.82, 2.24) is 10.6 Å². The zero-order valence-electron chi connectivity index (χ0n) is 13.3. The Morgan fingerprint density at radius 2 is 2.08 bits per heavy atom. The van der Waals surface area contributed by atoms with Crippen LogP contribution in [0.25, 0.3) is 0 Å². The third-order valence-corrected chi connectivity index (χ3v) is 3.77. The normalized spacial score (nSPS) is 16.0. The zero-order chi connectivity index (χ0) is 16.9. The minimum absolute atomic E-state index is 0.134. The second kappa shape index (κ2) is 7.08. The molecule has 7 heteroatoms. The SMILES string of the molecule is CNC(=O)C1CN(CC(=O)NCc2ccco2)c2ccccc2O1. The predicted molar refractivity (Wildman–Crippen MR) is 87.7 cm³/mol. The molecule has 2 amide bonds. The van der Waals surface area contributed by atoms with Gasteiger partial charge in [0.1, 0.15) is 11.5 Å². The lowest BCUT2D eigenvalue weighted by Crippen LogP contribution is -2.50. The van der Waals surface area contributed by atoms with E-state index in [1.165, 1.54) is 0 Å². The Labute approximate surface area is 139 Å². The Hall–Kier alpha value is -2.96. The third-order valence-electron chi connectivity index (χ3n) is 3.77. The van der Waals surface area contributed by atoms with Crippen LogP contribution in [0.2, 0.25) is 0 Å². The number of rotatable bonds is 5. The fraction of sp³-hybridized carbons (Fsp3) is 0.294. The molecule has 1 unspecified atom stereocenters. The number of carbonyl (C=O) groups is 2. The van der Waals surface area contributed by atoms with Crippen molar-refractivity contribution in [2.24, 2.45) is 0 Å². The van der Waals surface area contributed by atoms with Gasteiger partial charge in [0.15, 0.2) is 6.10 Å². The molecule has 3 rings (SSSR count). The molecule has 1 aromatic carbocycles. The fourth-order valence-corrected chi connectivity index (χ4v) is 2.58. The van der Waals surface area contributed by atoms with Crippen molar-refractivity contribution >= 4 is 17.5 Å². The molecule has 126 valence electrons. The molecule has 0 bridgehead atoms.